The van der Waals surface area contributed by atoms with Gasteiger partial charge >= 0.3 is 0 Å². The lowest BCUT2D eigenvalue weighted by Gasteiger charge is -1.98. The Balaban J connectivity index is 2.55. The van der Waals surface area contributed by atoms with E-state index in [1.54, 1.807) is 42.1 Å². The Hall–Kier alpha value is -1.90. The van der Waals surface area contributed by atoms with E-state index in [-0.39, 0.29) is 5.82 Å². The van der Waals surface area contributed by atoms with Gasteiger partial charge in [-0.15, -0.1) is 0 Å². The summed E-state index contributed by atoms with van der Waals surface area (Å²) in [4.78, 5) is 10.6. The van der Waals surface area contributed by atoms with Crippen molar-refractivity contribution in [1.82, 2.24) is 4.57 Å². The first kappa shape index (κ1) is 9.65. The fourth-order valence-corrected chi connectivity index (χ4v) is 1.54. The van der Waals surface area contributed by atoms with Crippen LogP contribution in [0.3, 0.4) is 0 Å². The van der Waals surface area contributed by atoms with Crippen molar-refractivity contribution in [2.75, 3.05) is 0 Å². The van der Waals surface area contributed by atoms with Gasteiger partial charge in [0.2, 0.25) is 0 Å². The van der Waals surface area contributed by atoms with Gasteiger partial charge in [0.1, 0.15) is 5.82 Å². The number of hydrogen-bond acceptors (Lipinski definition) is 1. The first-order chi connectivity index (χ1) is 7.22. The molecule has 15 heavy (non-hydrogen) atoms. The number of carbonyl (C=O) groups excluding carboxylic acids is 1. The van der Waals surface area contributed by atoms with E-state index >= 15 is 0 Å². The molecule has 2 rings (SSSR count). The summed E-state index contributed by atoms with van der Waals surface area (Å²) in [7, 11) is 1.76. The molecule has 0 amide bonds. The van der Waals surface area contributed by atoms with Crippen molar-refractivity contribution < 1.29 is 9.18 Å². The van der Waals surface area contributed by atoms with Gasteiger partial charge < -0.3 is 4.57 Å². The number of hydrogen-bond donors (Lipinski definition) is 0. The molecule has 0 unspecified atom stereocenters. The SMILES string of the molecule is Cn1cc(-c2ccccc2F)cc1C=O. The van der Waals surface area contributed by atoms with Crippen LogP contribution in [0.1, 0.15) is 10.5 Å². The average molecular weight is 203 g/mol. The second-order valence-electron chi connectivity index (χ2n) is 3.36. The summed E-state index contributed by atoms with van der Waals surface area (Å²) in [6.45, 7) is 0. The molecule has 1 aromatic carbocycles. The molecule has 76 valence electrons. The molecule has 0 aliphatic heterocycles. The Bertz CT molecular complexity index is 502. The fraction of sp³-hybridized carbons (Fsp3) is 0.0833. The molecule has 0 atom stereocenters. The summed E-state index contributed by atoms with van der Waals surface area (Å²) in [5, 5.41) is 0. The Morgan fingerprint density at radius 1 is 1.33 bits per heavy atom. The number of benzene rings is 1. The normalized spacial score (nSPS) is 10.3. The quantitative estimate of drug-likeness (QED) is 0.688. The average Bonchev–Trinajstić information content (AvgIpc) is 2.60. The molecule has 0 radical (unpaired) electrons. The summed E-state index contributed by atoms with van der Waals surface area (Å²) >= 11 is 0. The smallest absolute Gasteiger partial charge is 0.166 e. The predicted molar refractivity (Wildman–Crippen MR) is 56.2 cm³/mol. The summed E-state index contributed by atoms with van der Waals surface area (Å²) < 4.78 is 15.1. The highest BCUT2D eigenvalue weighted by Gasteiger charge is 2.07. The topological polar surface area (TPSA) is 22.0 Å². The number of nitrogens with zero attached hydrogens (tertiary/aromatic N) is 1. The van der Waals surface area contributed by atoms with Crippen molar-refractivity contribution in [2.45, 2.75) is 0 Å². The predicted octanol–water partition coefficient (Wildman–Crippen LogP) is 2.64. The number of aromatic nitrogens is 1. The van der Waals surface area contributed by atoms with E-state index in [9.17, 15) is 9.18 Å². The van der Waals surface area contributed by atoms with Crippen molar-refractivity contribution in [3.05, 3.63) is 48.0 Å². The number of rotatable bonds is 2. The minimum Gasteiger partial charge on any atom is -0.348 e. The van der Waals surface area contributed by atoms with Gasteiger partial charge in [-0.05, 0) is 12.1 Å². The van der Waals surface area contributed by atoms with E-state index in [1.807, 2.05) is 0 Å². The molecular formula is C12H10FNO. The maximum Gasteiger partial charge on any atom is 0.166 e. The van der Waals surface area contributed by atoms with Crippen molar-refractivity contribution >= 4 is 6.29 Å². The molecule has 2 aromatic rings. The van der Waals surface area contributed by atoms with Gasteiger partial charge in [0.25, 0.3) is 0 Å². The number of aryl methyl sites for hydroxylation is 1. The van der Waals surface area contributed by atoms with Crippen LogP contribution in [0.2, 0.25) is 0 Å². The third-order valence-electron chi connectivity index (χ3n) is 2.35. The van der Waals surface area contributed by atoms with Gasteiger partial charge in [-0.2, -0.15) is 0 Å². The highest BCUT2D eigenvalue weighted by atomic mass is 19.1. The van der Waals surface area contributed by atoms with E-state index < -0.39 is 0 Å². The first-order valence-electron chi connectivity index (χ1n) is 4.59. The molecule has 0 aliphatic rings. The standard InChI is InChI=1S/C12H10FNO/c1-14-7-9(6-10(14)8-15)11-4-2-3-5-12(11)13/h2-8H,1H3. The van der Waals surface area contributed by atoms with Crippen molar-refractivity contribution in [1.29, 1.82) is 0 Å². The number of aldehydes is 1. The Labute approximate surface area is 87.0 Å². The number of halogens is 1. The summed E-state index contributed by atoms with van der Waals surface area (Å²) in [6, 6.07) is 8.18. The monoisotopic (exact) mass is 203 g/mol. The van der Waals surface area contributed by atoms with Crippen LogP contribution in [0.15, 0.2) is 36.5 Å². The molecule has 3 heteroatoms. The molecule has 0 spiro atoms. The van der Waals surface area contributed by atoms with E-state index in [4.69, 9.17) is 0 Å². The van der Waals surface area contributed by atoms with Gasteiger partial charge in [0.05, 0.1) is 5.69 Å². The zero-order valence-corrected chi connectivity index (χ0v) is 8.27. The fourth-order valence-electron chi connectivity index (χ4n) is 1.54. The summed E-state index contributed by atoms with van der Waals surface area (Å²) in [6.07, 6.45) is 2.49. The van der Waals surface area contributed by atoms with Crippen molar-refractivity contribution in [2.24, 2.45) is 7.05 Å². The number of carbonyl (C=O) groups is 1. The minimum atomic E-state index is -0.277. The zero-order valence-electron chi connectivity index (χ0n) is 8.27. The summed E-state index contributed by atoms with van der Waals surface area (Å²) in [5.74, 6) is -0.277. The lowest BCUT2D eigenvalue weighted by atomic mass is 10.1. The molecule has 0 saturated heterocycles. The van der Waals surface area contributed by atoms with Crippen LogP contribution in [0, 0.1) is 5.82 Å². The van der Waals surface area contributed by atoms with Crippen LogP contribution in [0.4, 0.5) is 4.39 Å². The van der Waals surface area contributed by atoms with Gasteiger partial charge in [0, 0.05) is 24.4 Å². The Kier molecular flexibility index (Phi) is 2.37. The van der Waals surface area contributed by atoms with E-state index in [0.717, 1.165) is 11.8 Å². The van der Waals surface area contributed by atoms with Gasteiger partial charge in [-0.3, -0.25) is 4.79 Å². The molecule has 2 nitrogen and oxygen atoms in total. The third-order valence-corrected chi connectivity index (χ3v) is 2.35. The first-order valence-corrected chi connectivity index (χ1v) is 4.59. The van der Waals surface area contributed by atoms with Crippen LogP contribution in [0.25, 0.3) is 11.1 Å². The van der Waals surface area contributed by atoms with Crippen LogP contribution in [-0.4, -0.2) is 10.9 Å². The molecule has 1 heterocycles. The second-order valence-corrected chi connectivity index (χ2v) is 3.36. The molecule has 0 N–H and O–H groups in total. The van der Waals surface area contributed by atoms with E-state index in [2.05, 4.69) is 0 Å². The van der Waals surface area contributed by atoms with Crippen LogP contribution < -0.4 is 0 Å². The molecule has 0 fully saturated rings. The Morgan fingerprint density at radius 2 is 2.07 bits per heavy atom. The largest absolute Gasteiger partial charge is 0.348 e. The lowest BCUT2D eigenvalue weighted by molar-refractivity contribution is 0.111. The molecule has 0 bridgehead atoms. The molecule has 1 aromatic heterocycles. The van der Waals surface area contributed by atoms with Crippen LogP contribution in [-0.2, 0) is 7.05 Å². The highest BCUT2D eigenvalue weighted by Crippen LogP contribution is 2.23. The van der Waals surface area contributed by atoms with Crippen LogP contribution in [0.5, 0.6) is 0 Å². The minimum absolute atomic E-state index is 0.277. The lowest BCUT2D eigenvalue weighted by Crippen LogP contribution is -1.90. The van der Waals surface area contributed by atoms with Crippen LogP contribution >= 0.6 is 0 Å². The van der Waals surface area contributed by atoms with E-state index in [1.165, 1.54) is 6.07 Å². The molecule has 0 aliphatic carbocycles. The molecule has 0 saturated carbocycles. The summed E-state index contributed by atoms with van der Waals surface area (Å²) in [5.41, 5.74) is 1.77. The maximum absolute atomic E-state index is 13.4. The second kappa shape index (κ2) is 3.69. The Morgan fingerprint density at radius 3 is 2.67 bits per heavy atom. The van der Waals surface area contributed by atoms with Crippen molar-refractivity contribution in [3.8, 4) is 11.1 Å². The van der Waals surface area contributed by atoms with Gasteiger partial charge in [0.15, 0.2) is 6.29 Å². The van der Waals surface area contributed by atoms with Gasteiger partial charge in [-0.1, -0.05) is 18.2 Å². The highest BCUT2D eigenvalue weighted by molar-refractivity contribution is 5.77. The van der Waals surface area contributed by atoms with Gasteiger partial charge in [-0.25, -0.2) is 4.39 Å². The zero-order chi connectivity index (χ0) is 10.8. The molecular weight excluding hydrogens is 193 g/mol. The van der Waals surface area contributed by atoms with Crippen molar-refractivity contribution in [3.63, 3.8) is 0 Å². The van der Waals surface area contributed by atoms with E-state index in [0.29, 0.717) is 11.3 Å². The third kappa shape index (κ3) is 1.68. The maximum atomic E-state index is 13.4.